The molecule has 94 valence electrons. The van der Waals surface area contributed by atoms with Crippen LogP contribution in [0.3, 0.4) is 0 Å². The second-order valence-corrected chi connectivity index (χ2v) is 4.91. The molecular weight excluding hydrogens is 206 g/mol. The topological polar surface area (TPSA) is 58.6 Å². The van der Waals surface area contributed by atoms with Crippen molar-refractivity contribution in [2.45, 2.75) is 45.1 Å². The van der Waals surface area contributed by atoms with Gasteiger partial charge in [0.1, 0.15) is 0 Å². The fraction of sp³-hybridized carbons (Fsp3) is 0.917. The van der Waals surface area contributed by atoms with Crippen molar-refractivity contribution in [3.63, 3.8) is 0 Å². The smallest absolute Gasteiger partial charge is 0.220 e. The van der Waals surface area contributed by atoms with E-state index in [1.54, 1.807) is 14.0 Å². The molecule has 2 N–H and O–H groups in total. The highest BCUT2D eigenvalue weighted by atomic mass is 16.5. The highest BCUT2D eigenvalue weighted by molar-refractivity contribution is 5.75. The molecule has 1 aliphatic rings. The van der Waals surface area contributed by atoms with Crippen LogP contribution in [-0.4, -0.2) is 37.4 Å². The Kier molecular flexibility index (Phi) is 5.22. The first-order valence-electron chi connectivity index (χ1n) is 6.02. The zero-order chi connectivity index (χ0) is 12.0. The first-order chi connectivity index (χ1) is 7.58. The molecule has 0 aromatic carbocycles. The van der Waals surface area contributed by atoms with E-state index in [0.717, 1.165) is 19.6 Å². The first-order valence-corrected chi connectivity index (χ1v) is 6.02. The summed E-state index contributed by atoms with van der Waals surface area (Å²) < 4.78 is 5.06. The van der Waals surface area contributed by atoms with E-state index in [9.17, 15) is 4.79 Å². The van der Waals surface area contributed by atoms with Crippen molar-refractivity contribution in [2.24, 2.45) is 5.41 Å². The lowest BCUT2D eigenvalue weighted by Gasteiger charge is -2.15. The molecule has 1 rings (SSSR count). The third-order valence-corrected chi connectivity index (χ3v) is 3.24. The largest absolute Gasteiger partial charge is 0.393 e. The Hall–Kier alpha value is -0.610. The number of aliphatic hydroxyl groups is 1. The normalized spacial score (nSPS) is 19.2. The van der Waals surface area contributed by atoms with Crippen LogP contribution < -0.4 is 5.32 Å². The average Bonchev–Trinajstić information content (AvgIpc) is 3.01. The van der Waals surface area contributed by atoms with Gasteiger partial charge in [0.15, 0.2) is 0 Å². The number of rotatable bonds is 8. The first kappa shape index (κ1) is 13.5. The lowest BCUT2D eigenvalue weighted by molar-refractivity contribution is -0.121. The Morgan fingerprint density at radius 2 is 2.25 bits per heavy atom. The monoisotopic (exact) mass is 229 g/mol. The maximum absolute atomic E-state index is 11.4. The van der Waals surface area contributed by atoms with Gasteiger partial charge in [0.2, 0.25) is 5.91 Å². The van der Waals surface area contributed by atoms with Crippen LogP contribution in [0, 0.1) is 5.41 Å². The van der Waals surface area contributed by atoms with Crippen molar-refractivity contribution in [3.8, 4) is 0 Å². The maximum Gasteiger partial charge on any atom is 0.220 e. The van der Waals surface area contributed by atoms with Crippen molar-refractivity contribution >= 4 is 5.91 Å². The van der Waals surface area contributed by atoms with Gasteiger partial charge in [0, 0.05) is 26.7 Å². The van der Waals surface area contributed by atoms with Crippen molar-refractivity contribution in [2.75, 3.05) is 20.3 Å². The standard InChI is InChI=1S/C12H23NO3/c1-10(14)3-4-11(15)13-9-12(5-6-12)7-8-16-2/h10,14H,3-9H2,1-2H3,(H,13,15). The quantitative estimate of drug-likeness (QED) is 0.655. The van der Waals surface area contributed by atoms with Gasteiger partial charge in [-0.2, -0.15) is 0 Å². The highest BCUT2D eigenvalue weighted by Gasteiger charge is 2.41. The van der Waals surface area contributed by atoms with E-state index in [2.05, 4.69) is 5.32 Å². The molecule has 0 heterocycles. The predicted octanol–water partition coefficient (Wildman–Crippen LogP) is 1.08. The summed E-state index contributed by atoms with van der Waals surface area (Å²) >= 11 is 0. The molecule has 0 aromatic heterocycles. The molecule has 16 heavy (non-hydrogen) atoms. The molecule has 0 aromatic rings. The number of hydrogen-bond donors (Lipinski definition) is 2. The number of ether oxygens (including phenoxy) is 1. The van der Waals surface area contributed by atoms with E-state index >= 15 is 0 Å². The van der Waals surface area contributed by atoms with Gasteiger partial charge in [-0.25, -0.2) is 0 Å². The Morgan fingerprint density at radius 3 is 2.75 bits per heavy atom. The van der Waals surface area contributed by atoms with Crippen molar-refractivity contribution < 1.29 is 14.6 Å². The Morgan fingerprint density at radius 1 is 1.56 bits per heavy atom. The third kappa shape index (κ3) is 4.94. The Bertz CT molecular complexity index is 224. The lowest BCUT2D eigenvalue weighted by Crippen LogP contribution is -2.31. The molecule has 0 saturated heterocycles. The van der Waals surface area contributed by atoms with Crippen LogP contribution in [0.1, 0.15) is 39.0 Å². The molecule has 0 spiro atoms. The second-order valence-electron chi connectivity index (χ2n) is 4.91. The minimum absolute atomic E-state index is 0.0459. The minimum atomic E-state index is -0.394. The van der Waals surface area contributed by atoms with E-state index in [0.29, 0.717) is 18.3 Å². The van der Waals surface area contributed by atoms with Gasteiger partial charge < -0.3 is 15.2 Å². The number of carbonyl (C=O) groups excluding carboxylic acids is 1. The van der Waals surface area contributed by atoms with Crippen molar-refractivity contribution in [1.29, 1.82) is 0 Å². The van der Waals surface area contributed by atoms with Crippen LogP contribution in [0.4, 0.5) is 0 Å². The van der Waals surface area contributed by atoms with Crippen LogP contribution in [0.5, 0.6) is 0 Å². The van der Waals surface area contributed by atoms with E-state index in [4.69, 9.17) is 9.84 Å². The van der Waals surface area contributed by atoms with Gasteiger partial charge in [-0.1, -0.05) is 0 Å². The van der Waals surface area contributed by atoms with Crippen molar-refractivity contribution in [3.05, 3.63) is 0 Å². The Balaban J connectivity index is 2.11. The Labute approximate surface area is 97.4 Å². The zero-order valence-electron chi connectivity index (χ0n) is 10.3. The number of carbonyl (C=O) groups is 1. The maximum atomic E-state index is 11.4. The predicted molar refractivity (Wildman–Crippen MR) is 62.1 cm³/mol. The number of hydrogen-bond acceptors (Lipinski definition) is 3. The summed E-state index contributed by atoms with van der Waals surface area (Å²) in [6.45, 7) is 3.23. The molecular formula is C12H23NO3. The molecule has 1 atom stereocenters. The van der Waals surface area contributed by atoms with Crippen LogP contribution in [-0.2, 0) is 9.53 Å². The second kappa shape index (κ2) is 6.21. The third-order valence-electron chi connectivity index (χ3n) is 3.24. The summed E-state index contributed by atoms with van der Waals surface area (Å²) in [7, 11) is 1.71. The number of methoxy groups -OCH3 is 1. The molecule has 0 aliphatic heterocycles. The molecule has 0 bridgehead atoms. The van der Waals surface area contributed by atoms with Gasteiger partial charge in [-0.3, -0.25) is 4.79 Å². The van der Waals surface area contributed by atoms with Crippen molar-refractivity contribution in [1.82, 2.24) is 5.32 Å². The molecule has 4 heteroatoms. The fourth-order valence-corrected chi connectivity index (χ4v) is 1.72. The van der Waals surface area contributed by atoms with Gasteiger partial charge in [0.25, 0.3) is 0 Å². The summed E-state index contributed by atoms with van der Waals surface area (Å²) in [4.78, 5) is 11.4. The molecule has 1 fully saturated rings. The highest BCUT2D eigenvalue weighted by Crippen LogP contribution is 2.48. The number of nitrogens with one attached hydrogen (secondary N) is 1. The van der Waals surface area contributed by atoms with Gasteiger partial charge in [-0.15, -0.1) is 0 Å². The van der Waals surface area contributed by atoms with Gasteiger partial charge in [0.05, 0.1) is 6.10 Å². The number of amides is 1. The van der Waals surface area contributed by atoms with E-state index < -0.39 is 6.10 Å². The molecule has 1 aliphatic carbocycles. The summed E-state index contributed by atoms with van der Waals surface area (Å²) in [5.74, 6) is 0.0459. The summed E-state index contributed by atoms with van der Waals surface area (Å²) in [6, 6.07) is 0. The summed E-state index contributed by atoms with van der Waals surface area (Å²) in [6.07, 6.45) is 3.96. The van der Waals surface area contributed by atoms with Gasteiger partial charge in [-0.05, 0) is 38.0 Å². The van der Waals surface area contributed by atoms with Crippen LogP contribution in [0.25, 0.3) is 0 Å². The zero-order valence-corrected chi connectivity index (χ0v) is 10.3. The molecule has 1 amide bonds. The van der Waals surface area contributed by atoms with E-state index in [1.165, 1.54) is 12.8 Å². The van der Waals surface area contributed by atoms with Crippen LogP contribution in [0.2, 0.25) is 0 Å². The van der Waals surface area contributed by atoms with Gasteiger partial charge >= 0.3 is 0 Å². The summed E-state index contributed by atoms with van der Waals surface area (Å²) in [5.41, 5.74) is 0.302. The number of aliphatic hydroxyl groups excluding tert-OH is 1. The molecule has 1 saturated carbocycles. The fourth-order valence-electron chi connectivity index (χ4n) is 1.72. The summed E-state index contributed by atoms with van der Waals surface area (Å²) in [5, 5.41) is 12.0. The SMILES string of the molecule is COCCC1(CNC(=O)CCC(C)O)CC1. The molecule has 4 nitrogen and oxygen atoms in total. The van der Waals surface area contributed by atoms with Crippen LogP contribution >= 0.6 is 0 Å². The molecule has 1 unspecified atom stereocenters. The van der Waals surface area contributed by atoms with Crippen LogP contribution in [0.15, 0.2) is 0 Å². The van der Waals surface area contributed by atoms with E-state index in [1.807, 2.05) is 0 Å². The van der Waals surface area contributed by atoms with E-state index in [-0.39, 0.29) is 5.91 Å². The molecule has 0 radical (unpaired) electrons. The minimum Gasteiger partial charge on any atom is -0.393 e. The lowest BCUT2D eigenvalue weighted by atomic mass is 10.0. The average molecular weight is 229 g/mol.